The Labute approximate surface area is 185 Å². The SMILES string of the molecule is COc1ccc(S(=O)(=O)N2CCCCC2)cc1C(=O)N[C@@H](CC(C)C)c1ccccc1. The molecule has 7 heteroatoms. The minimum absolute atomic E-state index is 0.125. The van der Waals surface area contributed by atoms with Crippen LogP contribution in [0, 0.1) is 5.92 Å². The van der Waals surface area contributed by atoms with Gasteiger partial charge in [0.25, 0.3) is 5.91 Å². The normalized spacial score (nSPS) is 16.1. The standard InChI is InChI=1S/C24H32N2O4S/c1-18(2)16-22(19-10-6-4-7-11-19)25-24(27)21-17-20(12-13-23(21)30-3)31(28,29)26-14-8-5-9-15-26/h4,6-7,10-13,17-18,22H,5,8-9,14-16H2,1-3H3,(H,25,27)/t22-/m0/s1. The van der Waals surface area contributed by atoms with Crippen LogP contribution < -0.4 is 10.1 Å². The first-order chi connectivity index (χ1) is 14.8. The molecule has 0 saturated carbocycles. The fourth-order valence-electron chi connectivity index (χ4n) is 3.95. The number of carbonyl (C=O) groups excluding carboxylic acids is 1. The van der Waals surface area contributed by atoms with E-state index in [-0.39, 0.29) is 22.4 Å². The molecular weight excluding hydrogens is 412 g/mol. The molecular formula is C24H32N2O4S. The van der Waals surface area contributed by atoms with E-state index in [1.54, 1.807) is 6.07 Å². The van der Waals surface area contributed by atoms with Gasteiger partial charge in [0.15, 0.2) is 0 Å². The molecule has 3 rings (SSSR count). The van der Waals surface area contributed by atoms with Gasteiger partial charge in [0.2, 0.25) is 10.0 Å². The fourth-order valence-corrected chi connectivity index (χ4v) is 5.49. The van der Waals surface area contributed by atoms with E-state index in [1.165, 1.54) is 23.5 Å². The van der Waals surface area contributed by atoms with Gasteiger partial charge in [-0.25, -0.2) is 8.42 Å². The second-order valence-corrected chi connectivity index (χ2v) is 10.3. The van der Waals surface area contributed by atoms with Crippen LogP contribution in [0.4, 0.5) is 0 Å². The van der Waals surface area contributed by atoms with E-state index in [9.17, 15) is 13.2 Å². The maximum atomic E-state index is 13.2. The lowest BCUT2D eigenvalue weighted by Crippen LogP contribution is -2.36. The van der Waals surface area contributed by atoms with E-state index in [2.05, 4.69) is 19.2 Å². The average Bonchev–Trinajstić information content (AvgIpc) is 2.79. The van der Waals surface area contributed by atoms with Gasteiger partial charge in [0.05, 0.1) is 23.6 Å². The largest absolute Gasteiger partial charge is 0.496 e. The summed E-state index contributed by atoms with van der Waals surface area (Å²) in [7, 11) is -2.17. The Morgan fingerprint density at radius 2 is 1.74 bits per heavy atom. The molecule has 0 spiro atoms. The first-order valence-corrected chi connectivity index (χ1v) is 12.3. The zero-order valence-corrected chi connectivity index (χ0v) is 19.3. The molecule has 0 radical (unpaired) electrons. The molecule has 0 aromatic heterocycles. The second kappa shape index (κ2) is 10.3. The van der Waals surface area contributed by atoms with Gasteiger partial charge in [-0.1, -0.05) is 50.6 Å². The molecule has 0 aliphatic carbocycles. The number of ether oxygens (including phenoxy) is 1. The van der Waals surface area contributed by atoms with Gasteiger partial charge in [-0.15, -0.1) is 0 Å². The van der Waals surface area contributed by atoms with Crippen LogP contribution in [-0.4, -0.2) is 38.8 Å². The van der Waals surface area contributed by atoms with Crippen molar-refractivity contribution >= 4 is 15.9 Å². The molecule has 1 N–H and O–H groups in total. The van der Waals surface area contributed by atoms with Crippen molar-refractivity contribution in [2.45, 2.75) is 50.5 Å². The van der Waals surface area contributed by atoms with Crippen molar-refractivity contribution in [3.05, 3.63) is 59.7 Å². The zero-order chi connectivity index (χ0) is 22.4. The summed E-state index contributed by atoms with van der Waals surface area (Å²) in [5.74, 6) is 0.381. The number of nitrogens with zero attached hydrogens (tertiary/aromatic N) is 1. The Morgan fingerprint density at radius 3 is 2.35 bits per heavy atom. The average molecular weight is 445 g/mol. The molecule has 2 aromatic rings. The molecule has 168 valence electrons. The summed E-state index contributed by atoms with van der Waals surface area (Å²) in [4.78, 5) is 13.4. The minimum atomic E-state index is -3.64. The lowest BCUT2D eigenvalue weighted by Gasteiger charge is -2.26. The van der Waals surface area contributed by atoms with Crippen LogP contribution in [0.25, 0.3) is 0 Å². The van der Waals surface area contributed by atoms with E-state index in [0.717, 1.165) is 31.2 Å². The summed E-state index contributed by atoms with van der Waals surface area (Å²) < 4.78 is 33.1. The lowest BCUT2D eigenvalue weighted by molar-refractivity contribution is 0.0928. The molecule has 1 fully saturated rings. The summed E-state index contributed by atoms with van der Waals surface area (Å²) in [6.07, 6.45) is 3.52. The Hall–Kier alpha value is -2.38. The Balaban J connectivity index is 1.91. The predicted molar refractivity (Wildman–Crippen MR) is 122 cm³/mol. The van der Waals surface area contributed by atoms with Crippen LogP contribution in [0.2, 0.25) is 0 Å². The van der Waals surface area contributed by atoms with Gasteiger partial charge < -0.3 is 10.1 Å². The minimum Gasteiger partial charge on any atom is -0.496 e. The second-order valence-electron chi connectivity index (χ2n) is 8.39. The van der Waals surface area contributed by atoms with Gasteiger partial charge in [-0.3, -0.25) is 4.79 Å². The molecule has 1 heterocycles. The Bertz CT molecular complexity index is 984. The monoisotopic (exact) mass is 444 g/mol. The molecule has 6 nitrogen and oxygen atoms in total. The third-order valence-corrected chi connectivity index (χ3v) is 7.48. The summed E-state index contributed by atoms with van der Waals surface area (Å²) in [6.45, 7) is 5.24. The Kier molecular flexibility index (Phi) is 7.73. The Morgan fingerprint density at radius 1 is 1.06 bits per heavy atom. The molecule has 1 aliphatic heterocycles. The van der Waals surface area contributed by atoms with Crippen molar-refractivity contribution in [2.24, 2.45) is 5.92 Å². The molecule has 0 bridgehead atoms. The van der Waals surface area contributed by atoms with Gasteiger partial charge in [0, 0.05) is 13.1 Å². The summed E-state index contributed by atoms with van der Waals surface area (Å²) >= 11 is 0. The maximum Gasteiger partial charge on any atom is 0.255 e. The number of sulfonamides is 1. The summed E-state index contributed by atoms with van der Waals surface area (Å²) in [5.41, 5.74) is 1.24. The van der Waals surface area contributed by atoms with Crippen LogP contribution in [0.15, 0.2) is 53.4 Å². The van der Waals surface area contributed by atoms with Crippen molar-refractivity contribution in [3.8, 4) is 5.75 Å². The fraction of sp³-hybridized carbons (Fsp3) is 0.458. The van der Waals surface area contributed by atoms with Crippen molar-refractivity contribution in [3.63, 3.8) is 0 Å². The molecule has 1 saturated heterocycles. The number of benzene rings is 2. The van der Waals surface area contributed by atoms with E-state index in [1.807, 2.05) is 30.3 Å². The van der Waals surface area contributed by atoms with Gasteiger partial charge in [0.1, 0.15) is 5.75 Å². The van der Waals surface area contributed by atoms with Gasteiger partial charge >= 0.3 is 0 Å². The summed E-state index contributed by atoms with van der Waals surface area (Å²) in [5, 5.41) is 3.09. The highest BCUT2D eigenvalue weighted by Gasteiger charge is 2.28. The predicted octanol–water partition coefficient (Wildman–Crippen LogP) is 4.39. The highest BCUT2D eigenvalue weighted by Crippen LogP contribution is 2.28. The van der Waals surface area contributed by atoms with Crippen LogP contribution in [0.5, 0.6) is 5.75 Å². The molecule has 1 aliphatic rings. The topological polar surface area (TPSA) is 75.7 Å². The van der Waals surface area contributed by atoms with Gasteiger partial charge in [-0.2, -0.15) is 4.31 Å². The van der Waals surface area contributed by atoms with Crippen molar-refractivity contribution < 1.29 is 17.9 Å². The first-order valence-electron chi connectivity index (χ1n) is 10.9. The lowest BCUT2D eigenvalue weighted by atomic mass is 9.96. The number of piperidine rings is 1. The number of hydrogen-bond acceptors (Lipinski definition) is 4. The van der Waals surface area contributed by atoms with E-state index in [4.69, 9.17) is 4.74 Å². The number of hydrogen-bond donors (Lipinski definition) is 1. The van der Waals surface area contributed by atoms with Crippen molar-refractivity contribution in [1.29, 1.82) is 0 Å². The highest BCUT2D eigenvalue weighted by atomic mass is 32.2. The number of carbonyl (C=O) groups is 1. The first kappa shape index (κ1) is 23.3. The third-order valence-electron chi connectivity index (χ3n) is 5.58. The van der Waals surface area contributed by atoms with Crippen LogP contribution in [-0.2, 0) is 10.0 Å². The van der Waals surface area contributed by atoms with Crippen LogP contribution in [0.3, 0.4) is 0 Å². The molecule has 1 atom stereocenters. The van der Waals surface area contributed by atoms with E-state index in [0.29, 0.717) is 24.8 Å². The molecule has 0 unspecified atom stereocenters. The molecule has 1 amide bonds. The number of rotatable bonds is 8. The van der Waals surface area contributed by atoms with Crippen molar-refractivity contribution in [1.82, 2.24) is 9.62 Å². The molecule has 2 aromatic carbocycles. The summed E-state index contributed by atoms with van der Waals surface area (Å²) in [6, 6.07) is 14.1. The van der Waals surface area contributed by atoms with E-state index < -0.39 is 10.0 Å². The third kappa shape index (κ3) is 5.66. The van der Waals surface area contributed by atoms with Crippen LogP contribution in [0.1, 0.15) is 61.5 Å². The van der Waals surface area contributed by atoms with Crippen molar-refractivity contribution in [2.75, 3.05) is 20.2 Å². The smallest absolute Gasteiger partial charge is 0.255 e. The van der Waals surface area contributed by atoms with Gasteiger partial charge in [-0.05, 0) is 48.9 Å². The number of nitrogens with one attached hydrogen (secondary N) is 1. The highest BCUT2D eigenvalue weighted by molar-refractivity contribution is 7.89. The maximum absolute atomic E-state index is 13.2. The van der Waals surface area contributed by atoms with E-state index >= 15 is 0 Å². The van der Waals surface area contributed by atoms with Crippen LogP contribution >= 0.6 is 0 Å². The number of amides is 1. The molecule has 31 heavy (non-hydrogen) atoms. The zero-order valence-electron chi connectivity index (χ0n) is 18.5. The number of methoxy groups -OCH3 is 1. The quantitative estimate of drug-likeness (QED) is 0.655.